The summed E-state index contributed by atoms with van der Waals surface area (Å²) >= 11 is 0. The molecule has 0 radical (unpaired) electrons. The summed E-state index contributed by atoms with van der Waals surface area (Å²) < 4.78 is 44.6. The van der Waals surface area contributed by atoms with Crippen molar-refractivity contribution in [2.75, 3.05) is 92.5 Å². The Balaban J connectivity index is 1.28. The number of benzene rings is 1. The summed E-state index contributed by atoms with van der Waals surface area (Å²) in [4.78, 5) is 9.14. The van der Waals surface area contributed by atoms with Gasteiger partial charge in [0.1, 0.15) is 24.7 Å². The molecule has 216 valence electrons. The zero-order valence-corrected chi connectivity index (χ0v) is 22.8. The monoisotopic (exact) mass is 554 g/mol. The smallest absolute Gasteiger partial charge is 0.137 e. The number of hydrogen-bond acceptors (Lipinski definition) is 10. The molecule has 40 heavy (non-hydrogen) atoms. The topological polar surface area (TPSA) is 99.6 Å². The number of rotatable bonds is 0. The lowest BCUT2D eigenvalue weighted by Gasteiger charge is -2.09. The summed E-state index contributed by atoms with van der Waals surface area (Å²) in [5.74, 6) is 1.38. The first kappa shape index (κ1) is 29.9. The van der Waals surface area contributed by atoms with Gasteiger partial charge in [0.15, 0.2) is 0 Å². The van der Waals surface area contributed by atoms with Crippen LogP contribution < -0.4 is 9.47 Å². The number of ether oxygens (including phenoxy) is 8. The molecule has 0 fully saturated rings. The second kappa shape index (κ2) is 18.3. The molecule has 3 aliphatic rings. The van der Waals surface area contributed by atoms with Crippen molar-refractivity contribution < 1.29 is 37.9 Å². The molecule has 0 unspecified atom stereocenters. The SMILES string of the molecule is c1cc2cc(c1)-c1ccc(cn1)OCCOCCOCCOCCOCCOCCOCCOc1ccc-2nc1. The normalized spacial score (nSPS) is 17.9. The van der Waals surface area contributed by atoms with Crippen molar-refractivity contribution in [1.82, 2.24) is 9.97 Å². The predicted octanol–water partition coefficient (Wildman–Crippen LogP) is 3.68. The third-order valence-electron chi connectivity index (χ3n) is 5.78. The van der Waals surface area contributed by atoms with Gasteiger partial charge in [-0.05, 0) is 30.3 Å². The third kappa shape index (κ3) is 11.2. The highest BCUT2D eigenvalue weighted by Gasteiger charge is 2.06. The van der Waals surface area contributed by atoms with E-state index in [0.717, 1.165) is 22.5 Å². The van der Waals surface area contributed by atoms with Crippen LogP contribution in [0.1, 0.15) is 0 Å². The average Bonchev–Trinajstić information content (AvgIpc) is 3.00. The second-order valence-corrected chi connectivity index (χ2v) is 8.71. The number of aromatic nitrogens is 2. The van der Waals surface area contributed by atoms with Gasteiger partial charge in [-0.15, -0.1) is 0 Å². The highest BCUT2D eigenvalue weighted by molar-refractivity contribution is 5.69. The fraction of sp³-hybridized carbons (Fsp3) is 0.467. The van der Waals surface area contributed by atoms with Gasteiger partial charge in [0, 0.05) is 11.1 Å². The van der Waals surface area contributed by atoms with Crippen molar-refractivity contribution in [3.63, 3.8) is 0 Å². The first-order valence-corrected chi connectivity index (χ1v) is 13.6. The summed E-state index contributed by atoms with van der Waals surface area (Å²) in [5, 5.41) is 0. The molecule has 5 heterocycles. The van der Waals surface area contributed by atoms with Gasteiger partial charge in [-0.3, -0.25) is 9.97 Å². The molecule has 1 aromatic carbocycles. The fourth-order valence-electron chi connectivity index (χ4n) is 3.75. The Morgan fingerprint density at radius 3 is 1.07 bits per heavy atom. The summed E-state index contributed by atoms with van der Waals surface area (Å²) in [6.45, 7) is 6.87. The minimum absolute atomic E-state index is 0.434. The predicted molar refractivity (Wildman–Crippen MR) is 149 cm³/mol. The summed E-state index contributed by atoms with van der Waals surface area (Å²) in [6, 6.07) is 15.8. The molecular formula is C30H38N2O8. The van der Waals surface area contributed by atoms with Crippen LogP contribution in [0, 0.1) is 0 Å². The van der Waals surface area contributed by atoms with Crippen LogP contribution in [-0.4, -0.2) is 102 Å². The van der Waals surface area contributed by atoms with Crippen LogP contribution in [0.3, 0.4) is 0 Å². The number of hydrogen-bond donors (Lipinski definition) is 0. The second-order valence-electron chi connectivity index (χ2n) is 8.71. The van der Waals surface area contributed by atoms with Crippen molar-refractivity contribution in [2.45, 2.75) is 0 Å². The Hall–Kier alpha value is -3.12. The highest BCUT2D eigenvalue weighted by Crippen LogP contribution is 2.26. The van der Waals surface area contributed by atoms with Gasteiger partial charge in [-0.2, -0.15) is 0 Å². The summed E-state index contributed by atoms with van der Waals surface area (Å²) in [7, 11) is 0. The van der Waals surface area contributed by atoms with Crippen molar-refractivity contribution in [2.24, 2.45) is 0 Å². The van der Waals surface area contributed by atoms with Crippen LogP contribution in [0.4, 0.5) is 0 Å². The number of fused-ring (bicyclic) bond motifs is 2. The third-order valence-corrected chi connectivity index (χ3v) is 5.78. The van der Waals surface area contributed by atoms with Crippen LogP contribution in [0.15, 0.2) is 60.9 Å². The van der Waals surface area contributed by atoms with Crippen LogP contribution in [-0.2, 0) is 28.4 Å². The molecule has 10 nitrogen and oxygen atoms in total. The number of nitrogens with zero attached hydrogens (tertiary/aromatic N) is 2. The molecule has 0 atom stereocenters. The first-order valence-electron chi connectivity index (χ1n) is 13.6. The lowest BCUT2D eigenvalue weighted by molar-refractivity contribution is -0.0187. The van der Waals surface area contributed by atoms with Gasteiger partial charge in [-0.25, -0.2) is 0 Å². The maximum Gasteiger partial charge on any atom is 0.137 e. The molecule has 3 aliphatic heterocycles. The highest BCUT2D eigenvalue weighted by atomic mass is 16.6. The minimum atomic E-state index is 0.434. The average molecular weight is 555 g/mol. The van der Waals surface area contributed by atoms with E-state index in [-0.39, 0.29) is 0 Å². The molecule has 0 spiro atoms. The number of pyridine rings is 2. The van der Waals surface area contributed by atoms with E-state index in [1.165, 1.54) is 0 Å². The Kier molecular flexibility index (Phi) is 13.6. The molecule has 10 heteroatoms. The van der Waals surface area contributed by atoms with E-state index < -0.39 is 0 Å². The summed E-state index contributed by atoms with van der Waals surface area (Å²) in [5.41, 5.74) is 3.70. The van der Waals surface area contributed by atoms with E-state index in [0.29, 0.717) is 104 Å². The molecule has 0 N–H and O–H groups in total. The zero-order valence-electron chi connectivity index (χ0n) is 22.8. The molecule has 0 saturated heterocycles. The van der Waals surface area contributed by atoms with E-state index in [2.05, 4.69) is 16.0 Å². The standard InChI is InChI=1S/C30H38N2O8/c1-2-25-22-26(3-1)30-7-5-28(24-32-30)40-21-19-38-17-15-36-13-11-34-9-8-33-10-12-35-14-16-37-18-20-39-27-4-6-29(25)31-23-27/h1-7,22-24H,8-21H2. The van der Waals surface area contributed by atoms with Gasteiger partial charge < -0.3 is 37.9 Å². The molecule has 6 rings (SSSR count). The maximum atomic E-state index is 5.75. The van der Waals surface area contributed by atoms with E-state index in [4.69, 9.17) is 37.9 Å². The Bertz CT molecular complexity index is 999. The van der Waals surface area contributed by atoms with Crippen LogP contribution in [0.5, 0.6) is 11.5 Å². The van der Waals surface area contributed by atoms with Crippen molar-refractivity contribution >= 4 is 0 Å². The minimum Gasteiger partial charge on any atom is -0.490 e. The van der Waals surface area contributed by atoms with Crippen molar-refractivity contribution in [3.05, 3.63) is 60.9 Å². The van der Waals surface area contributed by atoms with Gasteiger partial charge in [0.2, 0.25) is 0 Å². The van der Waals surface area contributed by atoms with E-state index in [9.17, 15) is 0 Å². The maximum absolute atomic E-state index is 5.75. The zero-order chi connectivity index (χ0) is 27.5. The van der Waals surface area contributed by atoms with E-state index in [1.807, 2.05) is 42.5 Å². The van der Waals surface area contributed by atoms with Crippen molar-refractivity contribution in [3.8, 4) is 34.0 Å². The Morgan fingerprint density at radius 2 is 0.750 bits per heavy atom. The van der Waals surface area contributed by atoms with Gasteiger partial charge in [0.05, 0.1) is 103 Å². The van der Waals surface area contributed by atoms with Gasteiger partial charge in [-0.1, -0.05) is 18.2 Å². The Morgan fingerprint density at radius 1 is 0.400 bits per heavy atom. The van der Waals surface area contributed by atoms with Crippen molar-refractivity contribution in [1.29, 1.82) is 0 Å². The summed E-state index contributed by atoms with van der Waals surface area (Å²) in [6.07, 6.45) is 3.45. The largest absolute Gasteiger partial charge is 0.490 e. The van der Waals surface area contributed by atoms with Crippen LogP contribution in [0.25, 0.3) is 22.5 Å². The molecule has 0 amide bonds. The lowest BCUT2D eigenvalue weighted by atomic mass is 10.0. The Labute approximate surface area is 235 Å². The molecule has 2 aromatic heterocycles. The molecule has 3 aromatic rings. The fourth-order valence-corrected chi connectivity index (χ4v) is 3.75. The van der Waals surface area contributed by atoms with E-state index in [1.54, 1.807) is 12.4 Å². The van der Waals surface area contributed by atoms with Crippen LogP contribution in [0.2, 0.25) is 0 Å². The van der Waals surface area contributed by atoms with Gasteiger partial charge in [0.25, 0.3) is 0 Å². The van der Waals surface area contributed by atoms with Crippen LogP contribution >= 0.6 is 0 Å². The lowest BCUT2D eigenvalue weighted by Crippen LogP contribution is -2.15. The van der Waals surface area contributed by atoms with Gasteiger partial charge >= 0.3 is 0 Å². The molecule has 0 aliphatic carbocycles. The molecular weight excluding hydrogens is 516 g/mol. The quantitative estimate of drug-likeness (QED) is 0.409. The van der Waals surface area contributed by atoms with E-state index >= 15 is 0 Å². The molecule has 6 bridgehead atoms. The first-order chi connectivity index (χ1) is 19.9. The molecule has 0 saturated carbocycles.